The van der Waals surface area contributed by atoms with E-state index < -0.39 is 0 Å². The van der Waals surface area contributed by atoms with Gasteiger partial charge in [0.15, 0.2) is 6.61 Å². The Kier molecular flexibility index (Phi) is 8.50. The Morgan fingerprint density at radius 3 is 2.62 bits per heavy atom. The number of fused-ring (bicyclic) bond motifs is 1. The molecule has 0 radical (unpaired) electrons. The number of hydrogen-bond donors (Lipinski definition) is 1. The van der Waals surface area contributed by atoms with E-state index in [2.05, 4.69) is 42.3 Å². The fourth-order valence-electron chi connectivity index (χ4n) is 3.49. The molecule has 0 saturated carbocycles. The summed E-state index contributed by atoms with van der Waals surface area (Å²) in [6.45, 7) is 3.81. The number of rotatable bonds is 8. The minimum atomic E-state index is -0.382. The fraction of sp³-hybridized carbons (Fsp3) is 0.185. The van der Waals surface area contributed by atoms with Crippen molar-refractivity contribution >= 4 is 60.6 Å². The van der Waals surface area contributed by atoms with Crippen LogP contribution in [-0.2, 0) is 4.79 Å². The predicted molar refractivity (Wildman–Crippen MR) is 150 cm³/mol. The molecule has 3 aromatic carbocycles. The summed E-state index contributed by atoms with van der Waals surface area (Å²) in [4.78, 5) is 30.1. The second kappa shape index (κ2) is 11.8. The van der Waals surface area contributed by atoms with Gasteiger partial charge in [-0.25, -0.2) is 9.37 Å². The van der Waals surface area contributed by atoms with Crippen molar-refractivity contribution in [2.75, 3.05) is 11.9 Å². The van der Waals surface area contributed by atoms with Gasteiger partial charge in [0.1, 0.15) is 17.4 Å². The highest BCUT2D eigenvalue weighted by molar-refractivity contribution is 9.10. The number of anilines is 1. The van der Waals surface area contributed by atoms with Crippen LogP contribution in [0.25, 0.3) is 10.9 Å². The van der Waals surface area contributed by atoms with E-state index in [0.717, 1.165) is 10.9 Å². The summed E-state index contributed by atoms with van der Waals surface area (Å²) < 4.78 is 21.4. The van der Waals surface area contributed by atoms with Gasteiger partial charge in [-0.1, -0.05) is 29.8 Å². The van der Waals surface area contributed by atoms with Crippen LogP contribution >= 0.6 is 31.9 Å². The molecule has 4 aromatic rings. The minimum absolute atomic E-state index is 0.0291. The molecule has 0 aliphatic heterocycles. The lowest BCUT2D eigenvalue weighted by molar-refractivity contribution is -0.118. The number of carbonyl (C=O) groups is 1. The third kappa shape index (κ3) is 6.50. The molecular weight excluding hydrogens is 607 g/mol. The highest BCUT2D eigenvalue weighted by Gasteiger charge is 2.16. The highest BCUT2D eigenvalue weighted by atomic mass is 79.9. The van der Waals surface area contributed by atoms with E-state index in [0.29, 0.717) is 38.2 Å². The van der Waals surface area contributed by atoms with E-state index >= 15 is 0 Å². The molecule has 0 saturated heterocycles. The average molecular weight is 630 g/mol. The molecular formula is C27H23Br2FN4O3. The summed E-state index contributed by atoms with van der Waals surface area (Å²) in [5.74, 6) is 0.316. The van der Waals surface area contributed by atoms with Crippen molar-refractivity contribution in [3.8, 4) is 5.75 Å². The largest absolute Gasteiger partial charge is 0.483 e. The number of amides is 1. The number of benzene rings is 3. The number of aromatic nitrogens is 2. The van der Waals surface area contributed by atoms with E-state index in [1.54, 1.807) is 30.5 Å². The topological polar surface area (TPSA) is 85.6 Å². The Morgan fingerprint density at radius 2 is 1.92 bits per heavy atom. The second-order valence-electron chi connectivity index (χ2n) is 8.34. The van der Waals surface area contributed by atoms with Crippen LogP contribution in [0, 0.1) is 5.82 Å². The summed E-state index contributed by atoms with van der Waals surface area (Å²) in [5.41, 5.74) is 1.57. The molecule has 10 heteroatoms. The molecule has 1 aromatic heterocycles. The predicted octanol–water partition coefficient (Wildman–Crippen LogP) is 6.47. The third-order valence-electron chi connectivity index (χ3n) is 5.65. The maximum atomic E-state index is 13.3. The van der Waals surface area contributed by atoms with Crippen LogP contribution < -0.4 is 15.6 Å². The van der Waals surface area contributed by atoms with Crippen molar-refractivity contribution in [1.29, 1.82) is 0 Å². The molecule has 1 heterocycles. The summed E-state index contributed by atoms with van der Waals surface area (Å²) in [6.07, 6.45) is 2.38. The number of nitrogens with one attached hydrogen (secondary N) is 1. The van der Waals surface area contributed by atoms with Gasteiger partial charge in [-0.15, -0.1) is 0 Å². The first-order chi connectivity index (χ1) is 17.7. The number of halogens is 3. The van der Waals surface area contributed by atoms with Crippen molar-refractivity contribution < 1.29 is 13.9 Å². The van der Waals surface area contributed by atoms with Crippen LogP contribution in [0.15, 0.2) is 79.5 Å². The highest BCUT2D eigenvalue weighted by Crippen LogP contribution is 2.26. The smallest absolute Gasteiger partial charge is 0.282 e. The normalized spacial score (nSPS) is 12.1. The number of carbonyl (C=O) groups excluding carboxylic acids is 1. The molecule has 37 heavy (non-hydrogen) atoms. The van der Waals surface area contributed by atoms with Gasteiger partial charge in [0.05, 0.1) is 21.6 Å². The van der Waals surface area contributed by atoms with Crippen LogP contribution in [0.2, 0.25) is 0 Å². The molecule has 0 aliphatic rings. The Hall–Kier alpha value is -3.37. The van der Waals surface area contributed by atoms with Gasteiger partial charge in [0.25, 0.3) is 11.5 Å². The van der Waals surface area contributed by atoms with Crippen molar-refractivity contribution in [3.63, 3.8) is 0 Å². The SMILES string of the molecule is CC[C@H](C)c1nc2ccc(Br)cc2c(=O)n1N=Cc1ccc(OCC(=O)Nc2ccc(F)cc2)c(Br)c1. The van der Waals surface area contributed by atoms with E-state index in [4.69, 9.17) is 9.72 Å². The van der Waals surface area contributed by atoms with Gasteiger partial charge in [0, 0.05) is 16.1 Å². The van der Waals surface area contributed by atoms with Crippen molar-refractivity contribution in [2.45, 2.75) is 26.2 Å². The van der Waals surface area contributed by atoms with Crippen LogP contribution in [0.3, 0.4) is 0 Å². The van der Waals surface area contributed by atoms with Gasteiger partial charge >= 0.3 is 0 Å². The lowest BCUT2D eigenvalue weighted by atomic mass is 10.1. The quantitative estimate of drug-likeness (QED) is 0.226. The molecule has 0 aliphatic carbocycles. The van der Waals surface area contributed by atoms with Gasteiger partial charge < -0.3 is 10.1 Å². The van der Waals surface area contributed by atoms with Crippen LogP contribution in [0.1, 0.15) is 37.6 Å². The van der Waals surface area contributed by atoms with Gasteiger partial charge in [-0.2, -0.15) is 9.78 Å². The minimum Gasteiger partial charge on any atom is -0.483 e. The van der Waals surface area contributed by atoms with E-state index in [9.17, 15) is 14.0 Å². The molecule has 0 spiro atoms. The molecule has 4 rings (SSSR count). The molecule has 1 N–H and O–H groups in total. The van der Waals surface area contributed by atoms with E-state index in [-0.39, 0.29) is 29.8 Å². The van der Waals surface area contributed by atoms with E-state index in [1.807, 2.05) is 26.0 Å². The first kappa shape index (κ1) is 26.7. The van der Waals surface area contributed by atoms with Crippen LogP contribution in [0.5, 0.6) is 5.75 Å². The summed E-state index contributed by atoms with van der Waals surface area (Å²) in [6, 6.07) is 16.1. The zero-order valence-electron chi connectivity index (χ0n) is 20.0. The molecule has 1 atom stereocenters. The van der Waals surface area contributed by atoms with Crippen molar-refractivity contribution in [1.82, 2.24) is 9.66 Å². The zero-order valence-corrected chi connectivity index (χ0v) is 23.2. The maximum Gasteiger partial charge on any atom is 0.282 e. The zero-order chi connectivity index (χ0) is 26.5. The maximum absolute atomic E-state index is 13.3. The Balaban J connectivity index is 1.52. The fourth-order valence-corrected chi connectivity index (χ4v) is 4.36. The summed E-state index contributed by atoms with van der Waals surface area (Å²) in [5, 5.41) is 7.59. The molecule has 0 fully saturated rings. The van der Waals surface area contributed by atoms with E-state index in [1.165, 1.54) is 28.9 Å². The lowest BCUT2D eigenvalue weighted by Gasteiger charge is -2.14. The first-order valence-electron chi connectivity index (χ1n) is 11.5. The lowest BCUT2D eigenvalue weighted by Crippen LogP contribution is -2.23. The first-order valence-corrected chi connectivity index (χ1v) is 13.1. The van der Waals surface area contributed by atoms with Crippen molar-refractivity contribution in [3.05, 3.63) is 97.2 Å². The Bertz CT molecular complexity index is 1540. The second-order valence-corrected chi connectivity index (χ2v) is 10.1. The van der Waals surface area contributed by atoms with Gasteiger partial charge in [-0.05, 0) is 88.6 Å². The van der Waals surface area contributed by atoms with Gasteiger partial charge in [0.2, 0.25) is 0 Å². The molecule has 1 amide bonds. The molecule has 190 valence electrons. The number of ether oxygens (including phenoxy) is 1. The number of hydrogen-bond acceptors (Lipinski definition) is 5. The average Bonchev–Trinajstić information content (AvgIpc) is 2.88. The van der Waals surface area contributed by atoms with Crippen LogP contribution in [-0.4, -0.2) is 28.4 Å². The Morgan fingerprint density at radius 1 is 1.16 bits per heavy atom. The summed E-state index contributed by atoms with van der Waals surface area (Å²) in [7, 11) is 0. The van der Waals surface area contributed by atoms with Gasteiger partial charge in [-0.3, -0.25) is 9.59 Å². The monoisotopic (exact) mass is 628 g/mol. The Labute approximate surface area is 229 Å². The summed E-state index contributed by atoms with van der Waals surface area (Å²) >= 11 is 6.87. The standard InChI is InChI=1S/C27H23Br2FN4O3/c1-3-16(2)26-33-23-10-5-18(28)13-21(23)27(36)34(26)31-14-17-4-11-24(22(29)12-17)37-15-25(35)32-20-8-6-19(30)7-9-20/h4-14,16H,3,15H2,1-2H3,(H,32,35)/t16-/m0/s1. The molecule has 0 unspecified atom stereocenters. The van der Waals surface area contributed by atoms with Crippen molar-refractivity contribution in [2.24, 2.45) is 5.10 Å². The molecule has 7 nitrogen and oxygen atoms in total. The number of nitrogens with zero attached hydrogens (tertiary/aromatic N) is 3. The molecule has 0 bridgehead atoms. The third-order valence-corrected chi connectivity index (χ3v) is 6.76. The van der Waals surface area contributed by atoms with Crippen LogP contribution in [0.4, 0.5) is 10.1 Å².